The third kappa shape index (κ3) is 22.3. The number of thioether (sulfide) groups is 5. The molecule has 0 unspecified atom stereocenters. The fourth-order valence-electron chi connectivity index (χ4n) is 12.1. The second kappa shape index (κ2) is 37.6. The Morgan fingerprint density at radius 1 is 0.473 bits per heavy atom. The highest BCUT2D eigenvalue weighted by Gasteiger charge is 2.43. The van der Waals surface area contributed by atoms with Crippen molar-refractivity contribution in [2.75, 3.05) is 30.5 Å². The number of aliphatic hydroxyl groups is 1. The van der Waals surface area contributed by atoms with Gasteiger partial charge in [-0.15, -0.1) is 58.8 Å². The first-order valence-corrected chi connectivity index (χ1v) is 41.1. The number of aromatic carboxylic acids is 1. The molecule has 1 saturated heterocycles. The Bertz CT molecular complexity index is 5190. The summed E-state index contributed by atoms with van der Waals surface area (Å²) in [6, 6.07) is 46.7. The van der Waals surface area contributed by atoms with Gasteiger partial charge in [-0.25, -0.2) is 4.79 Å². The molecule has 564 valence electrons. The lowest BCUT2D eigenvalue weighted by atomic mass is 9.91. The Labute approximate surface area is 674 Å². The zero-order valence-corrected chi connectivity index (χ0v) is 66.8. The number of hydrogen-bond donors (Lipinski definition) is 2. The van der Waals surface area contributed by atoms with Crippen LogP contribution < -0.4 is 0 Å². The van der Waals surface area contributed by atoms with Crippen LogP contribution >= 0.6 is 58.8 Å². The monoisotopic (exact) mass is 1560 g/mol. The molecule has 0 bridgehead atoms. The Kier molecular flexibility index (Phi) is 27.0. The average molecular weight is 1560 g/mol. The van der Waals surface area contributed by atoms with Crippen LogP contribution in [-0.2, 0) is 10.3 Å². The number of ether oxygens (including phenoxy) is 1. The van der Waals surface area contributed by atoms with Crippen LogP contribution in [0.15, 0.2) is 232 Å². The summed E-state index contributed by atoms with van der Waals surface area (Å²) in [6.07, 6.45) is 34.6. The van der Waals surface area contributed by atoms with Crippen LogP contribution in [0.4, 0.5) is 0 Å². The quantitative estimate of drug-likeness (QED) is 0.0635. The highest BCUT2D eigenvalue weighted by atomic mass is 32.2. The maximum atomic E-state index is 10.9. The minimum Gasteiger partial charge on any atom is -0.478 e. The molecule has 3 aliphatic carbocycles. The number of pyridine rings is 8. The Balaban J connectivity index is 0.000000150. The molecule has 0 radical (unpaired) electrons. The molecule has 110 heavy (non-hydrogen) atoms. The summed E-state index contributed by atoms with van der Waals surface area (Å²) in [5, 5.41) is 48.2. The lowest BCUT2D eigenvalue weighted by molar-refractivity contribution is -0.184. The molecule has 4 fully saturated rings. The first kappa shape index (κ1) is 78.8. The molecular weight excluding hydrogens is 1460 g/mol. The van der Waals surface area contributed by atoms with Crippen molar-refractivity contribution in [2.45, 2.75) is 167 Å². The zero-order chi connectivity index (χ0) is 79.7. The van der Waals surface area contributed by atoms with E-state index in [9.17, 15) is 15.2 Å². The van der Waals surface area contributed by atoms with Gasteiger partial charge in [0.2, 0.25) is 0 Å². The number of carboxylic acids is 1. The van der Waals surface area contributed by atoms with Gasteiger partial charge in [0.15, 0.2) is 0 Å². The van der Waals surface area contributed by atoms with Crippen LogP contribution in [0.5, 0.6) is 0 Å². The van der Waals surface area contributed by atoms with Crippen molar-refractivity contribution in [1.82, 2.24) is 39.9 Å². The van der Waals surface area contributed by atoms with Crippen molar-refractivity contribution in [3.05, 3.63) is 236 Å². The van der Waals surface area contributed by atoms with Crippen LogP contribution in [-0.4, -0.2) is 96.0 Å². The number of fused-ring (bicyclic) bond motifs is 1. The molecule has 0 spiro atoms. The number of carboxylic acid groups (broad SMARTS) is 1. The van der Waals surface area contributed by atoms with Crippen LogP contribution in [0.25, 0.3) is 66.8 Å². The van der Waals surface area contributed by atoms with E-state index >= 15 is 0 Å². The maximum Gasteiger partial charge on any atom is 0.337 e. The standard InChI is InChI=1S/C20H18N2S.C20H23NO2S.C17H17N3S.C17H18N2O2S.C15H15N3S.CH4/c1-20(2,3)23-19-10-11-22-13-18(19)17-9-8-14(12-21)15-6-4-5-7-16(15)17;1-2-19(8-9-19)14-24-18-7-10-21-11-17(18)15-3-5-16(6-4-15)20(22)12-23-13-20;1-2-17(6-7-17)12-21-16-5-8-19-11-14(16)15-4-3-13(9-18)10-20-15;1-2-17(6-7-17)11-22-15-5-8-18-10-13(15)14-4-3-12(9-19-14)16(20)21;1-15(2,3)19-14-6-7-17-10-12(14)13-5-4-11(8-16)9-18-13;/h4-11,13H,1-3H3;3-7,10-11,22H,2,8-9,12-14H2,1H3;3-5,8,10-11H,2,6-7,12H2,1H3;3-5,8-10H,2,6-7,11H2,1H3,(H,20,21);4-7,9-10H,1-3H3;1H4/i1D3;;;;;. The van der Waals surface area contributed by atoms with E-state index < -0.39 is 23.2 Å². The van der Waals surface area contributed by atoms with Crippen LogP contribution in [0.1, 0.15) is 164 Å². The third-order valence-electron chi connectivity index (χ3n) is 19.8. The van der Waals surface area contributed by atoms with Crippen molar-refractivity contribution in [3.63, 3.8) is 0 Å². The molecule has 11 aromatic rings. The van der Waals surface area contributed by atoms with E-state index in [1.54, 1.807) is 99.3 Å². The summed E-state index contributed by atoms with van der Waals surface area (Å²) in [5.74, 6) is 2.51. The van der Waals surface area contributed by atoms with E-state index in [0.29, 0.717) is 46.1 Å². The van der Waals surface area contributed by atoms with Crippen molar-refractivity contribution in [3.8, 4) is 74.2 Å². The minimum atomic E-state index is -2.09. The second-order valence-corrected chi connectivity index (χ2v) is 35.9. The molecule has 15 rings (SSSR count). The summed E-state index contributed by atoms with van der Waals surface area (Å²) in [5.41, 5.74) is 13.4. The van der Waals surface area contributed by atoms with Gasteiger partial charge in [0, 0.05) is 169 Å². The van der Waals surface area contributed by atoms with Crippen molar-refractivity contribution in [2.24, 2.45) is 16.2 Å². The lowest BCUT2D eigenvalue weighted by Crippen LogP contribution is -2.46. The molecule has 3 aromatic carbocycles. The van der Waals surface area contributed by atoms with Gasteiger partial charge in [0.1, 0.15) is 17.7 Å². The van der Waals surface area contributed by atoms with Gasteiger partial charge in [-0.1, -0.05) is 124 Å². The topological polar surface area (TPSA) is 241 Å². The molecule has 4 aliphatic rings. The largest absolute Gasteiger partial charge is 0.478 e. The van der Waals surface area contributed by atoms with Crippen molar-refractivity contribution in [1.29, 1.82) is 15.8 Å². The summed E-state index contributed by atoms with van der Waals surface area (Å²) in [4.78, 5) is 50.7. The van der Waals surface area contributed by atoms with Gasteiger partial charge in [-0.2, -0.15) is 15.8 Å². The number of benzene rings is 3. The predicted octanol–water partition coefficient (Wildman–Crippen LogP) is 22.9. The Morgan fingerprint density at radius 2 is 0.882 bits per heavy atom. The van der Waals surface area contributed by atoms with Gasteiger partial charge in [0.25, 0.3) is 0 Å². The maximum absolute atomic E-state index is 10.9. The van der Waals surface area contributed by atoms with E-state index in [1.807, 2.05) is 139 Å². The van der Waals surface area contributed by atoms with Crippen LogP contribution in [0.2, 0.25) is 0 Å². The minimum absolute atomic E-state index is 0. The van der Waals surface area contributed by atoms with E-state index in [0.717, 1.165) is 93.0 Å². The van der Waals surface area contributed by atoms with E-state index in [4.69, 9.17) is 24.5 Å². The lowest BCUT2D eigenvalue weighted by Gasteiger charge is -2.36. The molecule has 0 atom stereocenters. The third-order valence-corrected chi connectivity index (χ3v) is 26.3. The number of nitrogens with zero attached hydrogens (tertiary/aromatic N) is 11. The number of nitriles is 3. The Morgan fingerprint density at radius 3 is 1.26 bits per heavy atom. The van der Waals surface area contributed by atoms with Crippen LogP contribution in [0.3, 0.4) is 0 Å². The molecule has 15 nitrogen and oxygen atoms in total. The fourth-order valence-corrected chi connectivity index (χ4v) is 18.4. The molecule has 8 aromatic heterocycles. The summed E-state index contributed by atoms with van der Waals surface area (Å²) in [7, 11) is 0. The highest BCUT2D eigenvalue weighted by molar-refractivity contribution is 8.01. The van der Waals surface area contributed by atoms with Gasteiger partial charge in [0.05, 0.1) is 58.6 Å². The van der Waals surface area contributed by atoms with Gasteiger partial charge < -0.3 is 14.9 Å². The number of rotatable bonds is 21. The van der Waals surface area contributed by atoms with Gasteiger partial charge >= 0.3 is 5.97 Å². The zero-order valence-electron chi connectivity index (χ0n) is 65.7. The predicted molar refractivity (Wildman–Crippen MR) is 451 cm³/mol. The van der Waals surface area contributed by atoms with Crippen molar-refractivity contribution >= 4 is 75.6 Å². The molecule has 0 amide bonds. The fraction of sp³-hybridized carbons (Fsp3) is 0.333. The summed E-state index contributed by atoms with van der Waals surface area (Å²) >= 11 is 8.82. The molecular formula is C90H95N11O4S5. The number of hydrogen-bond acceptors (Lipinski definition) is 19. The first-order chi connectivity index (χ1) is 53.8. The average Bonchev–Trinajstić information content (AvgIpc) is 1.76. The second-order valence-electron chi connectivity index (χ2n) is 29.4. The SMILES string of the molecule is C.CC(C)(C)Sc1ccncc1-c1ccc(C#N)cn1.CCC1(CSc2ccncc2-c2ccc(C#N)cn2)CC1.CCC1(CSc2ccncc2-c2ccc(C(=O)O)cn2)CC1.CCC1(CSc2ccncc2-c2ccc(C3(O)COC3)cc2)CC1.[2H]C([2H])([2H])C(C)(C)Sc1ccncc1-c1ccc(C#N)c2ccccc12. The molecule has 3 saturated carbocycles. The summed E-state index contributed by atoms with van der Waals surface area (Å²) in [6.45, 7) is 15.5. The van der Waals surface area contributed by atoms with E-state index in [1.165, 1.54) is 96.9 Å². The van der Waals surface area contributed by atoms with Crippen LogP contribution in [0, 0.1) is 50.2 Å². The number of carbonyl (C=O) groups is 1. The molecule has 1 aliphatic heterocycles. The molecule has 2 N–H and O–H groups in total. The highest BCUT2D eigenvalue weighted by Crippen LogP contribution is 2.55. The normalized spacial score (nSPS) is 15.3. The molecule has 20 heteroatoms. The Hall–Kier alpha value is -9.27. The smallest absolute Gasteiger partial charge is 0.337 e. The number of aromatic nitrogens is 8. The van der Waals surface area contributed by atoms with E-state index in [-0.39, 0.29) is 17.7 Å². The first-order valence-electron chi connectivity index (χ1n) is 38.0. The van der Waals surface area contributed by atoms with Crippen molar-refractivity contribution < 1.29 is 23.9 Å². The van der Waals surface area contributed by atoms with Gasteiger partial charge in [-0.05, 0) is 169 Å². The molecule has 9 heterocycles. The summed E-state index contributed by atoms with van der Waals surface area (Å²) < 4.78 is 27.7. The van der Waals surface area contributed by atoms with Gasteiger partial charge in [-0.3, -0.25) is 39.9 Å². The van der Waals surface area contributed by atoms with E-state index in [2.05, 4.69) is 124 Å².